The van der Waals surface area contributed by atoms with Gasteiger partial charge in [-0.25, -0.2) is 9.37 Å². The average molecular weight is 292 g/mol. The largest absolute Gasteiger partial charge is 0.358 e. The first-order valence-corrected chi connectivity index (χ1v) is 7.85. The van der Waals surface area contributed by atoms with Gasteiger partial charge in [-0.1, -0.05) is 44.2 Å². The normalized spacial score (nSPS) is 14.0. The Kier molecular flexibility index (Phi) is 4.76. The van der Waals surface area contributed by atoms with Crippen LogP contribution in [0.4, 0.5) is 9.52 Å². The predicted molar refractivity (Wildman–Crippen MR) is 84.3 cm³/mol. The molecular weight excluding hydrogens is 271 g/mol. The van der Waals surface area contributed by atoms with Crippen molar-refractivity contribution in [1.82, 2.24) is 4.98 Å². The highest BCUT2D eigenvalue weighted by Gasteiger charge is 2.25. The predicted octanol–water partition coefficient (Wildman–Crippen LogP) is 4.56. The van der Waals surface area contributed by atoms with Gasteiger partial charge in [-0.2, -0.15) is 0 Å². The molecule has 2 nitrogen and oxygen atoms in total. The van der Waals surface area contributed by atoms with Crippen molar-refractivity contribution in [2.75, 3.05) is 11.9 Å². The van der Waals surface area contributed by atoms with Gasteiger partial charge in [-0.15, -0.1) is 11.3 Å². The minimum Gasteiger partial charge on any atom is -0.358 e. The Bertz CT molecular complexity index is 527. The summed E-state index contributed by atoms with van der Waals surface area (Å²) < 4.78 is 14.7. The molecule has 2 aromatic rings. The van der Waals surface area contributed by atoms with Crippen molar-refractivity contribution >= 4 is 16.5 Å². The summed E-state index contributed by atoms with van der Waals surface area (Å²) in [4.78, 5) is 5.82. The number of nitrogens with zero attached hydrogens (tertiary/aromatic N) is 1. The first-order valence-electron chi connectivity index (χ1n) is 7.03. The van der Waals surface area contributed by atoms with Crippen molar-refractivity contribution in [3.8, 4) is 0 Å². The topological polar surface area (TPSA) is 24.9 Å². The summed E-state index contributed by atoms with van der Waals surface area (Å²) in [5, 5.41) is 3.96. The third-order valence-electron chi connectivity index (χ3n) is 3.38. The van der Waals surface area contributed by atoms with Gasteiger partial charge < -0.3 is 5.32 Å². The molecule has 2 rings (SSSR count). The molecular formula is C16H21FN2S. The third-order valence-corrected chi connectivity index (χ3v) is 4.58. The van der Waals surface area contributed by atoms with E-state index in [2.05, 4.69) is 24.1 Å². The van der Waals surface area contributed by atoms with E-state index >= 15 is 0 Å². The van der Waals surface area contributed by atoms with E-state index in [4.69, 9.17) is 0 Å². The molecule has 0 amide bonds. The molecule has 0 fully saturated rings. The molecule has 108 valence electrons. The molecule has 4 heteroatoms. The molecule has 0 aliphatic rings. The summed E-state index contributed by atoms with van der Waals surface area (Å²) in [7, 11) is 0. The number of anilines is 1. The first-order chi connectivity index (χ1) is 9.56. The zero-order valence-corrected chi connectivity index (χ0v) is 13.1. The number of thiazole rings is 1. The maximum Gasteiger partial charge on any atom is 0.183 e. The second kappa shape index (κ2) is 6.35. The number of nitrogens with one attached hydrogen (secondary N) is 1. The number of aromatic nitrogens is 1. The SMILES string of the molecule is CCc1nc(NCC(C)(F)c2ccccc2)sc1CC. The molecule has 1 N–H and O–H groups in total. The van der Waals surface area contributed by atoms with Crippen molar-refractivity contribution in [2.24, 2.45) is 0 Å². The van der Waals surface area contributed by atoms with E-state index in [1.165, 1.54) is 4.88 Å². The average Bonchev–Trinajstić information content (AvgIpc) is 2.89. The van der Waals surface area contributed by atoms with Gasteiger partial charge in [0.25, 0.3) is 0 Å². The van der Waals surface area contributed by atoms with Crippen LogP contribution < -0.4 is 5.32 Å². The fourth-order valence-electron chi connectivity index (χ4n) is 2.14. The fourth-order valence-corrected chi connectivity index (χ4v) is 3.13. The van der Waals surface area contributed by atoms with E-state index in [0.717, 1.165) is 23.7 Å². The molecule has 0 spiro atoms. The lowest BCUT2D eigenvalue weighted by Gasteiger charge is -2.21. The van der Waals surface area contributed by atoms with Crippen LogP contribution in [0.3, 0.4) is 0 Å². The van der Waals surface area contributed by atoms with E-state index in [1.807, 2.05) is 30.3 Å². The van der Waals surface area contributed by atoms with Gasteiger partial charge in [-0.05, 0) is 25.3 Å². The number of aryl methyl sites for hydroxylation is 2. The Morgan fingerprint density at radius 1 is 1.20 bits per heavy atom. The highest BCUT2D eigenvalue weighted by Crippen LogP contribution is 2.28. The zero-order valence-electron chi connectivity index (χ0n) is 12.2. The number of benzene rings is 1. The van der Waals surface area contributed by atoms with Crippen molar-refractivity contribution < 1.29 is 4.39 Å². The van der Waals surface area contributed by atoms with E-state index < -0.39 is 5.67 Å². The molecule has 1 atom stereocenters. The summed E-state index contributed by atoms with van der Waals surface area (Å²) in [5.74, 6) is 0. The Morgan fingerprint density at radius 2 is 1.90 bits per heavy atom. The molecule has 0 aliphatic heterocycles. The molecule has 1 unspecified atom stereocenters. The van der Waals surface area contributed by atoms with Crippen LogP contribution in [-0.4, -0.2) is 11.5 Å². The van der Waals surface area contributed by atoms with Crippen LogP contribution in [0.2, 0.25) is 0 Å². The molecule has 0 bridgehead atoms. The van der Waals surface area contributed by atoms with E-state index in [0.29, 0.717) is 5.56 Å². The number of alkyl halides is 1. The van der Waals surface area contributed by atoms with E-state index in [1.54, 1.807) is 18.3 Å². The summed E-state index contributed by atoms with van der Waals surface area (Å²) >= 11 is 1.63. The van der Waals surface area contributed by atoms with Gasteiger partial charge in [0.15, 0.2) is 5.13 Å². The molecule has 0 saturated heterocycles. The van der Waals surface area contributed by atoms with Crippen molar-refractivity contribution in [3.63, 3.8) is 0 Å². The van der Waals surface area contributed by atoms with E-state index in [9.17, 15) is 4.39 Å². The molecule has 1 aromatic heterocycles. The van der Waals surface area contributed by atoms with E-state index in [-0.39, 0.29) is 6.54 Å². The van der Waals surface area contributed by atoms with Crippen molar-refractivity contribution in [2.45, 2.75) is 39.3 Å². The Hall–Kier alpha value is -1.42. The smallest absolute Gasteiger partial charge is 0.183 e. The van der Waals surface area contributed by atoms with Crippen LogP contribution in [0.25, 0.3) is 0 Å². The maximum absolute atomic E-state index is 14.7. The summed E-state index contributed by atoms with van der Waals surface area (Å²) in [6, 6.07) is 9.26. The lowest BCUT2D eigenvalue weighted by molar-refractivity contribution is 0.210. The lowest BCUT2D eigenvalue weighted by atomic mass is 9.98. The van der Waals surface area contributed by atoms with Gasteiger partial charge in [0.1, 0.15) is 5.67 Å². The molecule has 0 aliphatic carbocycles. The van der Waals surface area contributed by atoms with Crippen molar-refractivity contribution in [1.29, 1.82) is 0 Å². The Morgan fingerprint density at radius 3 is 2.45 bits per heavy atom. The summed E-state index contributed by atoms with van der Waals surface area (Å²) in [5.41, 5.74) is 0.418. The quantitative estimate of drug-likeness (QED) is 0.844. The number of halogens is 1. The maximum atomic E-state index is 14.7. The van der Waals surface area contributed by atoms with Gasteiger partial charge in [0.2, 0.25) is 0 Å². The third kappa shape index (κ3) is 3.37. The summed E-state index contributed by atoms with van der Waals surface area (Å²) in [6.07, 6.45) is 1.90. The molecule has 0 saturated carbocycles. The molecule has 1 aromatic carbocycles. The summed E-state index contributed by atoms with van der Waals surface area (Å²) in [6.45, 7) is 6.06. The van der Waals surface area contributed by atoms with Crippen molar-refractivity contribution in [3.05, 3.63) is 46.5 Å². The number of rotatable bonds is 6. The van der Waals surface area contributed by atoms with Crippen LogP contribution >= 0.6 is 11.3 Å². The minimum absolute atomic E-state index is 0.233. The lowest BCUT2D eigenvalue weighted by Crippen LogP contribution is -2.26. The Labute approximate surface area is 124 Å². The van der Waals surface area contributed by atoms with Crippen LogP contribution in [0.1, 0.15) is 36.9 Å². The van der Waals surface area contributed by atoms with Crippen LogP contribution in [-0.2, 0) is 18.5 Å². The standard InChI is InChI=1S/C16H21FN2S/c1-4-13-14(5-2)20-15(19-13)18-11-16(3,17)12-9-7-6-8-10-12/h6-10H,4-5,11H2,1-3H3,(H,18,19). The minimum atomic E-state index is -1.40. The van der Waals surface area contributed by atoms with Crippen LogP contribution in [0.15, 0.2) is 30.3 Å². The fraction of sp³-hybridized carbons (Fsp3) is 0.438. The Balaban J connectivity index is 2.06. The first kappa shape index (κ1) is 15.0. The number of hydrogen-bond donors (Lipinski definition) is 1. The zero-order chi connectivity index (χ0) is 14.6. The van der Waals surface area contributed by atoms with Gasteiger partial charge >= 0.3 is 0 Å². The van der Waals surface area contributed by atoms with Crippen LogP contribution in [0, 0.1) is 0 Å². The van der Waals surface area contributed by atoms with Crippen LogP contribution in [0.5, 0.6) is 0 Å². The second-order valence-corrected chi connectivity index (χ2v) is 6.10. The number of hydrogen-bond acceptors (Lipinski definition) is 3. The second-order valence-electron chi connectivity index (χ2n) is 5.01. The highest BCUT2D eigenvalue weighted by molar-refractivity contribution is 7.15. The molecule has 0 radical (unpaired) electrons. The van der Waals surface area contributed by atoms with Gasteiger partial charge in [0, 0.05) is 4.88 Å². The van der Waals surface area contributed by atoms with Gasteiger partial charge in [-0.3, -0.25) is 0 Å². The van der Waals surface area contributed by atoms with Gasteiger partial charge in [0.05, 0.1) is 12.2 Å². The highest BCUT2D eigenvalue weighted by atomic mass is 32.1. The monoisotopic (exact) mass is 292 g/mol. The molecule has 20 heavy (non-hydrogen) atoms. The molecule has 1 heterocycles.